The number of rotatable bonds is 2. The van der Waals surface area contributed by atoms with Gasteiger partial charge in [0.05, 0.1) is 12.2 Å². The molecule has 0 radical (unpaired) electrons. The van der Waals surface area contributed by atoms with Gasteiger partial charge in [0.1, 0.15) is 6.61 Å². The predicted molar refractivity (Wildman–Crippen MR) is 113 cm³/mol. The van der Waals surface area contributed by atoms with E-state index in [0.717, 1.165) is 5.57 Å². The Labute approximate surface area is 186 Å². The van der Waals surface area contributed by atoms with Crippen LogP contribution in [0.25, 0.3) is 0 Å². The molecule has 0 spiro atoms. The summed E-state index contributed by atoms with van der Waals surface area (Å²) in [5.74, 6) is -2.26. The van der Waals surface area contributed by atoms with E-state index in [1.54, 1.807) is 32.1 Å². The van der Waals surface area contributed by atoms with Crippen molar-refractivity contribution in [3.63, 3.8) is 0 Å². The molecular weight excluding hydrogens is 423 g/mol. The molecule has 2 saturated carbocycles. The van der Waals surface area contributed by atoms with Gasteiger partial charge in [0.15, 0.2) is 22.8 Å². The van der Waals surface area contributed by atoms with Crippen LogP contribution in [0.4, 0.5) is 4.39 Å². The van der Waals surface area contributed by atoms with E-state index in [4.69, 9.17) is 21.1 Å². The van der Waals surface area contributed by atoms with Crippen LogP contribution in [0.2, 0.25) is 0 Å². The smallest absolute Gasteiger partial charge is 0.193 e. The second-order valence-electron chi connectivity index (χ2n) is 10.7. The highest BCUT2D eigenvalue weighted by molar-refractivity contribution is 6.31. The van der Waals surface area contributed by atoms with Gasteiger partial charge in [-0.05, 0) is 63.7 Å². The third-order valence-corrected chi connectivity index (χ3v) is 9.20. The van der Waals surface area contributed by atoms with Crippen molar-refractivity contribution in [1.82, 2.24) is 0 Å². The average molecular weight is 453 g/mol. The maximum atomic E-state index is 17.2. The molecule has 31 heavy (non-hydrogen) atoms. The molecule has 5 rings (SSSR count). The van der Waals surface area contributed by atoms with Crippen LogP contribution in [0.15, 0.2) is 34.9 Å². The molecule has 5 nitrogen and oxygen atoms in total. The minimum Gasteiger partial charge on any atom is -0.390 e. The van der Waals surface area contributed by atoms with Crippen LogP contribution in [0.3, 0.4) is 0 Å². The Hall–Kier alpha value is -1.05. The SMILES string of the molecule is CC1(C)O[C@H]2C[C@H]3[C@@H]4CC=C5C=C(Cl)C=C[C@]5(C)C4(F)[C@@H](O)C[C@]3(C)[C@]2(C(=O)CO)O1. The zero-order valence-corrected chi connectivity index (χ0v) is 19.1. The van der Waals surface area contributed by atoms with Crippen LogP contribution in [-0.4, -0.2) is 51.9 Å². The molecule has 1 aliphatic heterocycles. The first-order chi connectivity index (χ1) is 14.4. The second-order valence-corrected chi connectivity index (χ2v) is 11.2. The number of aliphatic hydroxyl groups is 2. The van der Waals surface area contributed by atoms with Gasteiger partial charge >= 0.3 is 0 Å². The highest BCUT2D eigenvalue weighted by Gasteiger charge is 2.79. The van der Waals surface area contributed by atoms with Gasteiger partial charge in [-0.15, -0.1) is 0 Å². The lowest BCUT2D eigenvalue weighted by molar-refractivity contribution is -0.242. The van der Waals surface area contributed by atoms with E-state index < -0.39 is 58.4 Å². The van der Waals surface area contributed by atoms with Crippen LogP contribution >= 0.6 is 11.6 Å². The van der Waals surface area contributed by atoms with Gasteiger partial charge in [-0.2, -0.15) is 0 Å². The van der Waals surface area contributed by atoms with Crippen LogP contribution < -0.4 is 0 Å². The normalized spacial score (nSPS) is 51.9. The molecule has 8 atom stereocenters. The summed E-state index contributed by atoms with van der Waals surface area (Å²) in [7, 11) is 0. The fourth-order valence-electron chi connectivity index (χ4n) is 7.67. The van der Waals surface area contributed by atoms with Crippen molar-refractivity contribution in [3.05, 3.63) is 34.9 Å². The lowest BCUT2D eigenvalue weighted by atomic mass is 9.45. The summed E-state index contributed by atoms with van der Waals surface area (Å²) in [6.07, 6.45) is 6.22. The van der Waals surface area contributed by atoms with Crippen molar-refractivity contribution < 1.29 is 28.9 Å². The number of halogens is 2. The second kappa shape index (κ2) is 6.29. The molecule has 5 aliphatic rings. The third-order valence-electron chi connectivity index (χ3n) is 8.96. The monoisotopic (exact) mass is 452 g/mol. The van der Waals surface area contributed by atoms with E-state index >= 15 is 4.39 Å². The maximum absolute atomic E-state index is 17.2. The van der Waals surface area contributed by atoms with E-state index in [1.165, 1.54) is 0 Å². The molecule has 0 aromatic carbocycles. The molecule has 4 aliphatic carbocycles. The predicted octanol–water partition coefficient (Wildman–Crippen LogP) is 3.58. The van der Waals surface area contributed by atoms with E-state index in [0.29, 0.717) is 17.9 Å². The molecule has 170 valence electrons. The van der Waals surface area contributed by atoms with Gasteiger partial charge in [0.25, 0.3) is 0 Å². The zero-order chi connectivity index (χ0) is 22.6. The summed E-state index contributed by atoms with van der Waals surface area (Å²) in [6.45, 7) is 6.51. The molecule has 1 unspecified atom stereocenters. The van der Waals surface area contributed by atoms with Gasteiger partial charge in [-0.3, -0.25) is 4.79 Å². The number of ether oxygens (including phenoxy) is 2. The molecular formula is C24H30ClFO5. The van der Waals surface area contributed by atoms with Crippen LogP contribution in [0, 0.1) is 22.7 Å². The highest BCUT2D eigenvalue weighted by Crippen LogP contribution is 2.71. The van der Waals surface area contributed by atoms with E-state index in [1.807, 2.05) is 19.9 Å². The summed E-state index contributed by atoms with van der Waals surface area (Å²) >= 11 is 6.18. The number of carbonyl (C=O) groups is 1. The van der Waals surface area contributed by atoms with Gasteiger partial charge in [-0.25, -0.2) is 4.39 Å². The first-order valence-electron chi connectivity index (χ1n) is 11.0. The van der Waals surface area contributed by atoms with Gasteiger partial charge < -0.3 is 19.7 Å². The van der Waals surface area contributed by atoms with Crippen LogP contribution in [-0.2, 0) is 14.3 Å². The number of hydrogen-bond acceptors (Lipinski definition) is 5. The minimum atomic E-state index is -1.93. The van der Waals surface area contributed by atoms with E-state index in [2.05, 4.69) is 0 Å². The molecule has 0 aromatic heterocycles. The van der Waals surface area contributed by atoms with Crippen molar-refractivity contribution in [2.24, 2.45) is 22.7 Å². The molecule has 1 heterocycles. The standard InChI is InChI=1S/C24H30ClFO5/c1-20(2)30-19-10-16-15-6-5-13-9-14(25)7-8-21(13,3)23(15,26)17(28)11-22(16,4)24(19,31-20)18(29)12-27/h5,7-9,15-17,19,27-28H,6,10-12H2,1-4H3/t15-,16-,17-,19-,21-,22-,23?,24+/m0/s1. The lowest BCUT2D eigenvalue weighted by Gasteiger charge is -2.61. The summed E-state index contributed by atoms with van der Waals surface area (Å²) in [4.78, 5) is 13.2. The Morgan fingerprint density at radius 1 is 1.29 bits per heavy atom. The lowest BCUT2D eigenvalue weighted by Crippen LogP contribution is -2.69. The molecule has 7 heteroatoms. The largest absolute Gasteiger partial charge is 0.390 e. The first-order valence-corrected chi connectivity index (χ1v) is 11.4. The van der Waals surface area contributed by atoms with Crippen molar-refractivity contribution in [1.29, 1.82) is 0 Å². The van der Waals surface area contributed by atoms with Crippen LogP contribution in [0.5, 0.6) is 0 Å². The average Bonchev–Trinajstić information content (AvgIpc) is 3.09. The van der Waals surface area contributed by atoms with E-state index in [9.17, 15) is 15.0 Å². The molecule has 1 saturated heterocycles. The number of alkyl halides is 1. The molecule has 2 N–H and O–H groups in total. The van der Waals surface area contributed by atoms with Crippen molar-refractivity contribution in [2.45, 2.75) is 76.2 Å². The molecule has 0 bridgehead atoms. The summed E-state index contributed by atoms with van der Waals surface area (Å²) in [6, 6.07) is 0. The molecule has 0 amide bonds. The minimum absolute atomic E-state index is 0.0422. The quantitative estimate of drug-likeness (QED) is 0.669. The van der Waals surface area contributed by atoms with Gasteiger partial charge in [0, 0.05) is 21.8 Å². The zero-order valence-electron chi connectivity index (χ0n) is 18.3. The Morgan fingerprint density at radius 3 is 2.68 bits per heavy atom. The number of hydrogen-bond donors (Lipinski definition) is 2. The Morgan fingerprint density at radius 2 is 2.00 bits per heavy atom. The van der Waals surface area contributed by atoms with Crippen molar-refractivity contribution >= 4 is 17.4 Å². The molecule has 0 aromatic rings. The Bertz CT molecular complexity index is 942. The summed E-state index contributed by atoms with van der Waals surface area (Å²) in [5, 5.41) is 21.8. The number of ketones is 1. The summed E-state index contributed by atoms with van der Waals surface area (Å²) < 4.78 is 29.6. The maximum Gasteiger partial charge on any atom is 0.193 e. The summed E-state index contributed by atoms with van der Waals surface area (Å²) in [5.41, 5.74) is -4.46. The number of carbonyl (C=O) groups excluding carboxylic acids is 1. The van der Waals surface area contributed by atoms with Crippen LogP contribution in [0.1, 0.15) is 47.0 Å². The van der Waals surface area contributed by atoms with Gasteiger partial charge in [-0.1, -0.05) is 30.7 Å². The highest BCUT2D eigenvalue weighted by atomic mass is 35.5. The number of aliphatic hydroxyl groups excluding tert-OH is 2. The fourth-order valence-corrected chi connectivity index (χ4v) is 7.85. The number of allylic oxidation sites excluding steroid dienone is 6. The third kappa shape index (κ3) is 2.38. The van der Waals surface area contributed by atoms with Crippen molar-refractivity contribution in [3.8, 4) is 0 Å². The topological polar surface area (TPSA) is 76.0 Å². The van der Waals surface area contributed by atoms with Crippen molar-refractivity contribution in [2.75, 3.05) is 6.61 Å². The van der Waals surface area contributed by atoms with E-state index in [-0.39, 0.29) is 12.3 Å². The Kier molecular flexibility index (Phi) is 4.42. The first kappa shape index (κ1) is 21.8. The molecule has 3 fully saturated rings. The Balaban J connectivity index is 1.65. The number of Topliss-reactive ketones (excluding diaryl/α,β-unsaturated/α-hetero) is 1. The number of fused-ring (bicyclic) bond motifs is 7. The fraction of sp³-hybridized carbons (Fsp3) is 0.708. The van der Waals surface area contributed by atoms with Gasteiger partial charge in [0.2, 0.25) is 0 Å².